The maximum atomic E-state index is 12.7. The third-order valence-electron chi connectivity index (χ3n) is 3.81. The van der Waals surface area contributed by atoms with Crippen LogP contribution in [0.15, 0.2) is 33.7 Å². The largest absolute Gasteiger partial charge is 0.497 e. The number of carbonyl (C=O) groups is 1. The molecule has 3 rings (SSSR count). The number of nitrogens with zero attached hydrogens (tertiary/aromatic N) is 4. The molecular weight excluding hydrogens is 352 g/mol. The molecule has 1 N–H and O–H groups in total. The topological polar surface area (TPSA) is 126 Å². The molecule has 0 aliphatic carbocycles. The van der Waals surface area contributed by atoms with E-state index in [-0.39, 0.29) is 24.0 Å². The van der Waals surface area contributed by atoms with Gasteiger partial charge in [0, 0.05) is 26.2 Å². The van der Waals surface area contributed by atoms with E-state index in [1.54, 1.807) is 17.0 Å². The van der Waals surface area contributed by atoms with E-state index in [1.807, 2.05) is 0 Å². The summed E-state index contributed by atoms with van der Waals surface area (Å²) in [7, 11) is -2.10. The second-order valence-corrected chi connectivity index (χ2v) is 7.21. The zero-order valence-corrected chi connectivity index (χ0v) is 14.1. The van der Waals surface area contributed by atoms with Crippen molar-refractivity contribution in [1.82, 2.24) is 14.4 Å². The summed E-state index contributed by atoms with van der Waals surface area (Å²) in [6, 6.07) is 6.25. The summed E-state index contributed by atoms with van der Waals surface area (Å²) in [5, 5.41) is 12.2. The van der Waals surface area contributed by atoms with Crippen LogP contribution in [-0.2, 0) is 10.0 Å². The minimum Gasteiger partial charge on any atom is -0.497 e. The Morgan fingerprint density at radius 3 is 2.36 bits per heavy atom. The van der Waals surface area contributed by atoms with Gasteiger partial charge >= 0.3 is 12.0 Å². The molecule has 1 fully saturated rings. The summed E-state index contributed by atoms with van der Waals surface area (Å²) < 4.78 is 36.6. The molecule has 1 aliphatic rings. The summed E-state index contributed by atoms with van der Waals surface area (Å²) in [6.07, 6.45) is 0. The number of ether oxygens (including phenoxy) is 1. The van der Waals surface area contributed by atoms with E-state index in [0.717, 1.165) is 0 Å². The molecule has 0 spiro atoms. The molecule has 0 unspecified atom stereocenters. The number of benzene rings is 1. The van der Waals surface area contributed by atoms with Crippen molar-refractivity contribution in [1.29, 1.82) is 0 Å². The van der Waals surface area contributed by atoms with Crippen LogP contribution < -0.4 is 9.64 Å². The molecule has 1 aromatic heterocycles. The molecule has 11 heteroatoms. The highest BCUT2D eigenvalue weighted by atomic mass is 32.2. The highest BCUT2D eigenvalue weighted by Crippen LogP contribution is 2.22. The molecule has 1 aromatic carbocycles. The molecular formula is C14H16N4O6S. The first-order valence-electron chi connectivity index (χ1n) is 7.38. The summed E-state index contributed by atoms with van der Waals surface area (Å²) in [4.78, 5) is 16.4. The van der Waals surface area contributed by atoms with Gasteiger partial charge in [0.15, 0.2) is 0 Å². The van der Waals surface area contributed by atoms with Gasteiger partial charge in [0.05, 0.1) is 12.0 Å². The minimum absolute atomic E-state index is 0.0684. The van der Waals surface area contributed by atoms with E-state index >= 15 is 0 Å². The molecule has 2 aromatic rings. The number of sulfonamides is 1. The molecule has 0 amide bonds. The van der Waals surface area contributed by atoms with Gasteiger partial charge in [0.1, 0.15) is 5.75 Å². The van der Waals surface area contributed by atoms with Crippen molar-refractivity contribution in [2.45, 2.75) is 4.90 Å². The van der Waals surface area contributed by atoms with Crippen LogP contribution >= 0.6 is 0 Å². The van der Waals surface area contributed by atoms with E-state index in [9.17, 15) is 13.2 Å². The number of aromatic carboxylic acids is 1. The van der Waals surface area contributed by atoms with Gasteiger partial charge in [0.2, 0.25) is 10.0 Å². The third kappa shape index (κ3) is 3.42. The first-order chi connectivity index (χ1) is 11.9. The smallest absolute Gasteiger partial charge is 0.377 e. The minimum atomic E-state index is -3.61. The standard InChI is InChI=1S/C14H16N4O6S/c1-23-10-2-4-11(5-3-10)25(21,22)18-8-6-17(7-9-18)14-15-12(13(19)20)16-24-14/h2-5H,6-9H2,1H3,(H,19,20). The van der Waals surface area contributed by atoms with E-state index < -0.39 is 21.8 Å². The maximum absolute atomic E-state index is 12.7. The average molecular weight is 368 g/mol. The van der Waals surface area contributed by atoms with Crippen molar-refractivity contribution < 1.29 is 27.6 Å². The Morgan fingerprint density at radius 2 is 1.84 bits per heavy atom. The van der Waals surface area contributed by atoms with Gasteiger partial charge in [-0.25, -0.2) is 13.2 Å². The number of carboxylic acid groups (broad SMARTS) is 1. The molecule has 1 saturated heterocycles. The second kappa shape index (κ2) is 6.69. The Hall–Kier alpha value is -2.66. The Balaban J connectivity index is 1.68. The molecule has 0 atom stereocenters. The van der Waals surface area contributed by atoms with Crippen LogP contribution in [-0.4, -0.2) is 67.2 Å². The Morgan fingerprint density at radius 1 is 1.20 bits per heavy atom. The lowest BCUT2D eigenvalue weighted by Gasteiger charge is -2.32. The van der Waals surface area contributed by atoms with Gasteiger partial charge < -0.3 is 19.3 Å². The number of carboxylic acids is 1. The van der Waals surface area contributed by atoms with Crippen molar-refractivity contribution in [3.05, 3.63) is 30.1 Å². The highest BCUT2D eigenvalue weighted by Gasteiger charge is 2.30. The van der Waals surface area contributed by atoms with Gasteiger partial charge in [-0.15, -0.1) is 0 Å². The van der Waals surface area contributed by atoms with Crippen LogP contribution in [0.3, 0.4) is 0 Å². The summed E-state index contributed by atoms with van der Waals surface area (Å²) >= 11 is 0. The van der Waals surface area contributed by atoms with E-state index in [1.165, 1.54) is 23.5 Å². The van der Waals surface area contributed by atoms with Gasteiger partial charge in [-0.1, -0.05) is 0 Å². The summed E-state index contributed by atoms with van der Waals surface area (Å²) in [5.74, 6) is -1.13. The van der Waals surface area contributed by atoms with Crippen molar-refractivity contribution in [2.75, 3.05) is 38.2 Å². The number of hydrogen-bond donors (Lipinski definition) is 1. The van der Waals surface area contributed by atoms with Gasteiger partial charge in [-0.05, 0) is 29.4 Å². The fraction of sp³-hybridized carbons (Fsp3) is 0.357. The SMILES string of the molecule is COc1ccc(S(=O)(=O)N2CCN(c3nc(C(=O)O)no3)CC2)cc1. The van der Waals surface area contributed by atoms with Crippen molar-refractivity contribution in [2.24, 2.45) is 0 Å². The quantitative estimate of drug-likeness (QED) is 0.792. The fourth-order valence-electron chi connectivity index (χ4n) is 2.45. The van der Waals surface area contributed by atoms with Crippen LogP contribution in [0.2, 0.25) is 0 Å². The van der Waals surface area contributed by atoms with Crippen LogP contribution in [0.25, 0.3) is 0 Å². The predicted octanol–water partition coefficient (Wildman–Crippen LogP) is 0.287. The number of hydrogen-bond acceptors (Lipinski definition) is 8. The average Bonchev–Trinajstić information content (AvgIpc) is 3.12. The molecule has 2 heterocycles. The van der Waals surface area contributed by atoms with E-state index in [0.29, 0.717) is 18.8 Å². The molecule has 10 nitrogen and oxygen atoms in total. The number of methoxy groups -OCH3 is 1. The van der Waals surface area contributed by atoms with Crippen LogP contribution in [0, 0.1) is 0 Å². The second-order valence-electron chi connectivity index (χ2n) is 5.27. The first-order valence-corrected chi connectivity index (χ1v) is 8.82. The van der Waals surface area contributed by atoms with Gasteiger partial charge in [-0.3, -0.25) is 0 Å². The Kier molecular flexibility index (Phi) is 4.59. The van der Waals surface area contributed by atoms with Crippen LogP contribution in [0.1, 0.15) is 10.6 Å². The lowest BCUT2D eigenvalue weighted by molar-refractivity contribution is 0.0680. The van der Waals surface area contributed by atoms with Crippen LogP contribution in [0.5, 0.6) is 5.75 Å². The normalized spacial score (nSPS) is 16.0. The summed E-state index contributed by atoms with van der Waals surface area (Å²) in [6.45, 7) is 1.07. The number of rotatable bonds is 5. The molecule has 0 radical (unpaired) electrons. The third-order valence-corrected chi connectivity index (χ3v) is 5.73. The number of piperazine rings is 1. The predicted molar refractivity (Wildman–Crippen MR) is 85.2 cm³/mol. The zero-order chi connectivity index (χ0) is 18.0. The Labute approximate surface area is 143 Å². The first kappa shape index (κ1) is 17.2. The van der Waals surface area contributed by atoms with Gasteiger partial charge in [-0.2, -0.15) is 9.29 Å². The van der Waals surface area contributed by atoms with E-state index in [4.69, 9.17) is 14.4 Å². The molecule has 0 saturated carbocycles. The Bertz CT molecular complexity index is 856. The number of aromatic nitrogens is 2. The fourth-order valence-corrected chi connectivity index (χ4v) is 3.87. The monoisotopic (exact) mass is 368 g/mol. The lowest BCUT2D eigenvalue weighted by Crippen LogP contribution is -2.48. The lowest BCUT2D eigenvalue weighted by atomic mass is 10.3. The van der Waals surface area contributed by atoms with E-state index in [2.05, 4.69) is 10.1 Å². The maximum Gasteiger partial charge on any atom is 0.377 e. The zero-order valence-electron chi connectivity index (χ0n) is 13.3. The highest BCUT2D eigenvalue weighted by molar-refractivity contribution is 7.89. The van der Waals surface area contributed by atoms with Crippen LogP contribution in [0.4, 0.5) is 6.01 Å². The molecule has 0 bridgehead atoms. The molecule has 1 aliphatic heterocycles. The van der Waals surface area contributed by atoms with Crippen molar-refractivity contribution in [3.63, 3.8) is 0 Å². The van der Waals surface area contributed by atoms with Crippen molar-refractivity contribution >= 4 is 22.0 Å². The molecule has 25 heavy (non-hydrogen) atoms. The number of anilines is 1. The van der Waals surface area contributed by atoms with Gasteiger partial charge in [0.25, 0.3) is 5.82 Å². The molecule has 134 valence electrons. The van der Waals surface area contributed by atoms with Crippen molar-refractivity contribution in [3.8, 4) is 5.75 Å². The summed E-state index contributed by atoms with van der Waals surface area (Å²) in [5.41, 5.74) is 0.